The second kappa shape index (κ2) is 13.8. The first-order valence-corrected chi connectivity index (χ1v) is 15.4. The highest BCUT2D eigenvalue weighted by molar-refractivity contribution is 5.87. The normalized spacial score (nSPS) is 22.0. The zero-order valence-electron chi connectivity index (χ0n) is 26.2. The summed E-state index contributed by atoms with van der Waals surface area (Å²) >= 11 is 0. The number of rotatable bonds is 9. The lowest BCUT2D eigenvalue weighted by atomic mass is 9.88. The molecule has 10 nitrogen and oxygen atoms in total. The molecule has 3 aliphatic heterocycles. The Morgan fingerprint density at radius 2 is 2.07 bits per heavy atom. The van der Waals surface area contributed by atoms with Crippen LogP contribution in [0.1, 0.15) is 36.1 Å². The second-order valence-electron chi connectivity index (χ2n) is 12.4. The zero-order valence-corrected chi connectivity index (χ0v) is 26.2. The lowest BCUT2D eigenvalue weighted by Crippen LogP contribution is -2.55. The Morgan fingerprint density at radius 3 is 2.74 bits per heavy atom. The first-order chi connectivity index (χ1) is 21.9. The summed E-state index contributed by atoms with van der Waals surface area (Å²) in [4.78, 5) is 29.2. The molecule has 0 spiro atoms. The maximum absolute atomic E-state index is 15.1. The number of aromatic nitrogens is 2. The number of hydrogen-bond acceptors (Lipinski definition) is 9. The number of fused-ring (bicyclic) bond motifs is 1. The molecule has 0 saturated carbocycles. The molecule has 3 aliphatic rings. The molecule has 1 unspecified atom stereocenters. The molecule has 0 bridgehead atoms. The van der Waals surface area contributed by atoms with Gasteiger partial charge < -0.3 is 29.1 Å². The number of hydrogen-bond donors (Lipinski definition) is 0. The summed E-state index contributed by atoms with van der Waals surface area (Å²) in [5.74, 6) is -0.681. The summed E-state index contributed by atoms with van der Waals surface area (Å²) in [6, 6.07) is 4.77. The topological polar surface area (TPSA) is 98.1 Å². The van der Waals surface area contributed by atoms with Crippen molar-refractivity contribution in [3.05, 3.63) is 53.5 Å². The minimum absolute atomic E-state index is 0.0617. The molecule has 5 rings (SSSR count). The van der Waals surface area contributed by atoms with Crippen molar-refractivity contribution in [3.63, 3.8) is 0 Å². The van der Waals surface area contributed by atoms with Crippen LogP contribution in [0.4, 0.5) is 29.1 Å². The zero-order chi connectivity index (χ0) is 33.1. The van der Waals surface area contributed by atoms with E-state index in [2.05, 4.69) is 17.5 Å². The fourth-order valence-corrected chi connectivity index (χ4v) is 6.73. The lowest BCUT2D eigenvalue weighted by molar-refractivity contribution is -0.137. The Kier molecular flexibility index (Phi) is 10.0. The summed E-state index contributed by atoms with van der Waals surface area (Å²) < 4.78 is 69.2. The van der Waals surface area contributed by atoms with Crippen molar-refractivity contribution in [2.75, 3.05) is 76.4 Å². The molecule has 1 amide bonds. The van der Waals surface area contributed by atoms with E-state index in [0.29, 0.717) is 63.7 Å². The highest BCUT2D eigenvalue weighted by Crippen LogP contribution is 2.40. The highest BCUT2D eigenvalue weighted by Gasteiger charge is 2.39. The number of alkyl halides is 3. The van der Waals surface area contributed by atoms with Crippen LogP contribution in [0.3, 0.4) is 0 Å². The molecular formula is C32H39F4N7O3. The van der Waals surface area contributed by atoms with E-state index < -0.39 is 29.3 Å². The van der Waals surface area contributed by atoms with Crippen LogP contribution in [0.25, 0.3) is 0 Å². The van der Waals surface area contributed by atoms with Gasteiger partial charge in [0.25, 0.3) is 0 Å². The first-order valence-electron chi connectivity index (χ1n) is 15.4. The molecule has 14 heteroatoms. The predicted octanol–water partition coefficient (Wildman–Crippen LogP) is 4.05. The number of carbonyl (C=O) groups excluding carboxylic acids is 1. The largest absolute Gasteiger partial charge is 0.463 e. The third-order valence-electron chi connectivity index (χ3n) is 8.77. The molecule has 2 saturated heterocycles. The third-order valence-corrected chi connectivity index (χ3v) is 8.77. The van der Waals surface area contributed by atoms with Crippen LogP contribution in [-0.2, 0) is 28.7 Å². The minimum atomic E-state index is -4.75. The number of anilines is 2. The number of benzene rings is 1. The van der Waals surface area contributed by atoms with E-state index >= 15 is 4.39 Å². The smallest absolute Gasteiger partial charge is 0.418 e. The third kappa shape index (κ3) is 7.20. The van der Waals surface area contributed by atoms with Crippen molar-refractivity contribution in [2.45, 2.75) is 44.4 Å². The standard InChI is InChI=1S/C32H39F4N7O3/c1-4-27(44)43-15-14-42(17-22(43)10-12-37)29-23-7-6-13-41(28-24(32(34,35)36)8-5-9-25(28)33)18-26(23)38-30(39-29)46-21-31(19-40(2)3)11-16-45-20-31/h4-5,8-9,22H,1,6-7,10-11,13-21H2,2-3H3/t22-,31?/m0/s1. The van der Waals surface area contributed by atoms with Gasteiger partial charge in [0.1, 0.15) is 18.2 Å². The van der Waals surface area contributed by atoms with Crippen molar-refractivity contribution < 1.29 is 31.8 Å². The van der Waals surface area contributed by atoms with Gasteiger partial charge >= 0.3 is 12.2 Å². The van der Waals surface area contributed by atoms with Crippen molar-refractivity contribution in [2.24, 2.45) is 5.41 Å². The van der Waals surface area contributed by atoms with Gasteiger partial charge in [0.05, 0.1) is 48.6 Å². The number of nitriles is 1. The first kappa shape index (κ1) is 33.4. The van der Waals surface area contributed by atoms with Crippen LogP contribution in [0.5, 0.6) is 6.01 Å². The van der Waals surface area contributed by atoms with Gasteiger partial charge in [-0.05, 0) is 51.6 Å². The van der Waals surface area contributed by atoms with Gasteiger partial charge in [-0.1, -0.05) is 12.6 Å². The number of carbonyl (C=O) groups is 1. The van der Waals surface area contributed by atoms with Gasteiger partial charge in [0.15, 0.2) is 0 Å². The fraction of sp³-hybridized carbons (Fsp3) is 0.562. The molecule has 0 N–H and O–H groups in total. The van der Waals surface area contributed by atoms with Crippen molar-refractivity contribution >= 4 is 17.4 Å². The van der Waals surface area contributed by atoms with Crippen LogP contribution in [-0.4, -0.2) is 98.4 Å². The van der Waals surface area contributed by atoms with Crippen molar-refractivity contribution in [1.29, 1.82) is 5.26 Å². The molecule has 2 fully saturated rings. The molecule has 1 aromatic heterocycles. The minimum Gasteiger partial charge on any atom is -0.463 e. The van der Waals surface area contributed by atoms with Gasteiger partial charge in [-0.2, -0.15) is 28.4 Å². The monoisotopic (exact) mass is 645 g/mol. The summed E-state index contributed by atoms with van der Waals surface area (Å²) in [6.45, 7) is 6.76. The maximum atomic E-state index is 15.1. The van der Waals surface area contributed by atoms with E-state index in [1.807, 2.05) is 19.0 Å². The van der Waals surface area contributed by atoms with Crippen LogP contribution in [0, 0.1) is 22.6 Å². The average molecular weight is 646 g/mol. The van der Waals surface area contributed by atoms with Gasteiger partial charge in [0.2, 0.25) is 5.91 Å². The van der Waals surface area contributed by atoms with Gasteiger partial charge in [0, 0.05) is 50.3 Å². The van der Waals surface area contributed by atoms with Gasteiger partial charge in [-0.15, -0.1) is 0 Å². The molecule has 0 aliphatic carbocycles. The van der Waals surface area contributed by atoms with E-state index in [4.69, 9.17) is 19.4 Å². The molecular weight excluding hydrogens is 606 g/mol. The number of halogens is 4. The quantitative estimate of drug-likeness (QED) is 0.296. The van der Waals surface area contributed by atoms with E-state index in [-0.39, 0.29) is 43.4 Å². The Bertz CT molecular complexity index is 1470. The number of piperazine rings is 1. The van der Waals surface area contributed by atoms with Crippen LogP contribution in [0.2, 0.25) is 0 Å². The number of amides is 1. The molecule has 2 aromatic rings. The summed E-state index contributed by atoms with van der Waals surface area (Å²) in [5, 5.41) is 9.51. The van der Waals surface area contributed by atoms with Crippen molar-refractivity contribution in [1.82, 2.24) is 19.8 Å². The Morgan fingerprint density at radius 1 is 1.26 bits per heavy atom. The summed E-state index contributed by atoms with van der Waals surface area (Å²) in [5.41, 5.74) is -0.680. The predicted molar refractivity (Wildman–Crippen MR) is 163 cm³/mol. The highest BCUT2D eigenvalue weighted by atomic mass is 19.4. The lowest BCUT2D eigenvalue weighted by Gasteiger charge is -2.41. The van der Waals surface area contributed by atoms with Crippen LogP contribution in [0.15, 0.2) is 30.9 Å². The van der Waals surface area contributed by atoms with Crippen LogP contribution < -0.4 is 14.5 Å². The molecule has 4 heterocycles. The van der Waals surface area contributed by atoms with E-state index in [0.717, 1.165) is 30.2 Å². The summed E-state index contributed by atoms with van der Waals surface area (Å²) in [7, 11) is 3.94. The SMILES string of the molecule is C=CC(=O)N1CCN(c2nc(OCC3(CN(C)C)CCOC3)nc3c2CCCN(c2c(F)cccc2C(F)(F)F)C3)C[C@@H]1CC#N. The summed E-state index contributed by atoms with van der Waals surface area (Å²) in [6.07, 6.45) is -1.79. The maximum Gasteiger partial charge on any atom is 0.418 e. The Labute approximate surface area is 266 Å². The van der Waals surface area contributed by atoms with E-state index in [1.165, 1.54) is 11.0 Å². The second-order valence-corrected chi connectivity index (χ2v) is 12.4. The van der Waals surface area contributed by atoms with Gasteiger partial charge in [-0.25, -0.2) is 4.39 Å². The molecule has 2 atom stereocenters. The molecule has 248 valence electrons. The Hall–Kier alpha value is -3.96. The van der Waals surface area contributed by atoms with Crippen LogP contribution >= 0.6 is 0 Å². The number of para-hydroxylation sites is 1. The Balaban J connectivity index is 1.54. The number of nitrogens with zero attached hydrogens (tertiary/aromatic N) is 7. The molecule has 46 heavy (non-hydrogen) atoms. The molecule has 1 aromatic carbocycles. The number of ether oxygens (including phenoxy) is 2. The van der Waals surface area contributed by atoms with Crippen molar-refractivity contribution in [3.8, 4) is 12.1 Å². The van der Waals surface area contributed by atoms with E-state index in [1.54, 1.807) is 4.90 Å². The fourth-order valence-electron chi connectivity index (χ4n) is 6.73. The van der Waals surface area contributed by atoms with Gasteiger partial charge in [-0.3, -0.25) is 4.79 Å². The average Bonchev–Trinajstić information content (AvgIpc) is 3.36. The molecule has 0 radical (unpaired) electrons. The van der Waals surface area contributed by atoms with E-state index in [9.17, 15) is 23.2 Å².